The zero-order valence-corrected chi connectivity index (χ0v) is 10.8. The summed E-state index contributed by atoms with van der Waals surface area (Å²) < 4.78 is 1.64. The van der Waals surface area contributed by atoms with Crippen molar-refractivity contribution in [3.8, 4) is 0 Å². The van der Waals surface area contributed by atoms with Gasteiger partial charge in [0, 0.05) is 31.9 Å². The van der Waals surface area contributed by atoms with Crippen molar-refractivity contribution in [1.29, 1.82) is 0 Å². The Kier molecular flexibility index (Phi) is 4.69. The van der Waals surface area contributed by atoms with E-state index in [0.717, 1.165) is 5.56 Å². The maximum atomic E-state index is 11.4. The van der Waals surface area contributed by atoms with Crippen LogP contribution in [-0.2, 0) is 6.54 Å². The fraction of sp³-hybridized carbons (Fsp3) is 0.308. The molecule has 2 heterocycles. The van der Waals surface area contributed by atoms with E-state index in [4.69, 9.17) is 0 Å². The number of aliphatic hydroxyl groups is 1. The number of thiophene rings is 1. The minimum Gasteiger partial charge on any atom is -0.387 e. The van der Waals surface area contributed by atoms with Gasteiger partial charge in [-0.1, -0.05) is 6.07 Å². The normalized spacial score (nSPS) is 12.5. The predicted octanol–water partition coefficient (Wildman–Crippen LogP) is 1.23. The van der Waals surface area contributed by atoms with Gasteiger partial charge in [-0.2, -0.15) is 11.3 Å². The van der Waals surface area contributed by atoms with Gasteiger partial charge >= 0.3 is 0 Å². The Balaban J connectivity index is 1.74. The van der Waals surface area contributed by atoms with Gasteiger partial charge in [0.05, 0.1) is 6.10 Å². The van der Waals surface area contributed by atoms with Crippen LogP contribution in [0.4, 0.5) is 0 Å². The van der Waals surface area contributed by atoms with Crippen LogP contribution < -0.4 is 10.9 Å². The van der Waals surface area contributed by atoms with Gasteiger partial charge in [0.1, 0.15) is 0 Å². The molecule has 0 saturated heterocycles. The molecule has 0 aliphatic heterocycles. The molecule has 2 aromatic rings. The lowest BCUT2D eigenvalue weighted by atomic mass is 10.2. The number of rotatable bonds is 6. The van der Waals surface area contributed by atoms with E-state index >= 15 is 0 Å². The summed E-state index contributed by atoms with van der Waals surface area (Å²) in [5.74, 6) is 0. The van der Waals surface area contributed by atoms with Crippen LogP contribution in [0.1, 0.15) is 11.7 Å². The highest BCUT2D eigenvalue weighted by Crippen LogP contribution is 2.14. The molecule has 0 saturated carbocycles. The van der Waals surface area contributed by atoms with Gasteiger partial charge < -0.3 is 15.0 Å². The van der Waals surface area contributed by atoms with Crippen LogP contribution in [0.2, 0.25) is 0 Å². The number of aliphatic hydroxyl groups excluding tert-OH is 1. The third-order valence-corrected chi connectivity index (χ3v) is 3.40. The quantitative estimate of drug-likeness (QED) is 0.772. The first-order valence-corrected chi connectivity index (χ1v) is 6.78. The van der Waals surface area contributed by atoms with E-state index in [1.807, 2.05) is 22.9 Å². The summed E-state index contributed by atoms with van der Waals surface area (Å²) in [4.78, 5) is 11.4. The Morgan fingerprint density at radius 1 is 1.39 bits per heavy atom. The highest BCUT2D eigenvalue weighted by molar-refractivity contribution is 7.07. The molecule has 0 amide bonds. The van der Waals surface area contributed by atoms with Gasteiger partial charge in [0.25, 0.3) is 5.56 Å². The van der Waals surface area contributed by atoms with E-state index < -0.39 is 6.10 Å². The predicted molar refractivity (Wildman–Crippen MR) is 72.9 cm³/mol. The lowest BCUT2D eigenvalue weighted by Crippen LogP contribution is -2.28. The standard InChI is InChI=1S/C13H16N2O2S/c16-12(11-4-8-18-10-11)9-14-5-7-15-6-2-1-3-13(15)17/h1-4,6,8,10,12,14,16H,5,7,9H2. The SMILES string of the molecule is O=c1ccccn1CCNCC(O)c1ccsc1. The second-order valence-electron chi connectivity index (χ2n) is 4.01. The Hall–Kier alpha value is -1.43. The highest BCUT2D eigenvalue weighted by atomic mass is 32.1. The largest absolute Gasteiger partial charge is 0.387 e. The van der Waals surface area contributed by atoms with Crippen molar-refractivity contribution in [2.75, 3.05) is 13.1 Å². The van der Waals surface area contributed by atoms with E-state index in [0.29, 0.717) is 19.6 Å². The van der Waals surface area contributed by atoms with Gasteiger partial charge in [0.2, 0.25) is 0 Å². The molecular formula is C13H16N2O2S. The first-order chi connectivity index (χ1) is 8.77. The molecule has 18 heavy (non-hydrogen) atoms. The summed E-state index contributed by atoms with van der Waals surface area (Å²) in [5, 5.41) is 16.9. The third-order valence-electron chi connectivity index (χ3n) is 2.69. The Morgan fingerprint density at radius 3 is 3.00 bits per heavy atom. The molecule has 0 aliphatic carbocycles. The monoisotopic (exact) mass is 264 g/mol. The fourth-order valence-electron chi connectivity index (χ4n) is 1.67. The third kappa shape index (κ3) is 3.53. The molecule has 0 bridgehead atoms. The summed E-state index contributed by atoms with van der Waals surface area (Å²) in [7, 11) is 0. The Bertz CT molecular complexity index is 522. The molecule has 0 fully saturated rings. The number of aromatic nitrogens is 1. The summed E-state index contributed by atoms with van der Waals surface area (Å²) in [6.07, 6.45) is 1.28. The van der Waals surface area contributed by atoms with Crippen molar-refractivity contribution < 1.29 is 5.11 Å². The molecule has 0 aromatic carbocycles. The molecule has 2 N–H and O–H groups in total. The van der Waals surface area contributed by atoms with Gasteiger partial charge in [-0.05, 0) is 28.5 Å². The van der Waals surface area contributed by atoms with E-state index in [1.54, 1.807) is 34.2 Å². The van der Waals surface area contributed by atoms with Crippen molar-refractivity contribution in [1.82, 2.24) is 9.88 Å². The van der Waals surface area contributed by atoms with Crippen molar-refractivity contribution in [3.05, 3.63) is 57.1 Å². The summed E-state index contributed by atoms with van der Waals surface area (Å²) >= 11 is 1.57. The molecule has 4 nitrogen and oxygen atoms in total. The summed E-state index contributed by atoms with van der Waals surface area (Å²) in [5.41, 5.74) is 0.932. The number of hydrogen-bond donors (Lipinski definition) is 2. The van der Waals surface area contributed by atoms with Gasteiger partial charge in [0.15, 0.2) is 0 Å². The molecule has 2 aromatic heterocycles. The molecule has 2 rings (SSSR count). The Labute approximate surface area is 110 Å². The maximum Gasteiger partial charge on any atom is 0.250 e. The molecule has 5 heteroatoms. The first-order valence-electron chi connectivity index (χ1n) is 5.84. The number of nitrogens with one attached hydrogen (secondary N) is 1. The summed E-state index contributed by atoms with van der Waals surface area (Å²) in [6.45, 7) is 1.76. The second-order valence-corrected chi connectivity index (χ2v) is 4.79. The lowest BCUT2D eigenvalue weighted by molar-refractivity contribution is 0.175. The van der Waals surface area contributed by atoms with Crippen LogP contribution in [0, 0.1) is 0 Å². The molecule has 96 valence electrons. The minimum absolute atomic E-state index is 0.00215. The van der Waals surface area contributed by atoms with Crippen LogP contribution in [0.15, 0.2) is 46.0 Å². The molecule has 0 spiro atoms. The number of nitrogens with zero attached hydrogens (tertiary/aromatic N) is 1. The van der Waals surface area contributed by atoms with Gasteiger partial charge in [-0.15, -0.1) is 0 Å². The first kappa shape index (κ1) is 13.0. The van der Waals surface area contributed by atoms with E-state index in [2.05, 4.69) is 5.32 Å². The average Bonchev–Trinajstić information content (AvgIpc) is 2.90. The molecule has 0 aliphatic rings. The Morgan fingerprint density at radius 2 is 2.28 bits per heavy atom. The van der Waals surface area contributed by atoms with E-state index in [1.165, 1.54) is 0 Å². The van der Waals surface area contributed by atoms with Crippen LogP contribution >= 0.6 is 11.3 Å². The topological polar surface area (TPSA) is 54.3 Å². The van der Waals surface area contributed by atoms with Crippen LogP contribution in [0.25, 0.3) is 0 Å². The maximum absolute atomic E-state index is 11.4. The van der Waals surface area contributed by atoms with Crippen LogP contribution in [0.3, 0.4) is 0 Å². The van der Waals surface area contributed by atoms with Crippen molar-refractivity contribution in [2.45, 2.75) is 12.6 Å². The zero-order chi connectivity index (χ0) is 12.8. The van der Waals surface area contributed by atoms with Crippen molar-refractivity contribution in [2.24, 2.45) is 0 Å². The second kappa shape index (κ2) is 6.49. The van der Waals surface area contributed by atoms with Crippen LogP contribution in [0.5, 0.6) is 0 Å². The number of hydrogen-bond acceptors (Lipinski definition) is 4. The average molecular weight is 264 g/mol. The fourth-order valence-corrected chi connectivity index (χ4v) is 2.37. The lowest BCUT2D eigenvalue weighted by Gasteiger charge is -2.11. The van der Waals surface area contributed by atoms with Gasteiger partial charge in [-0.25, -0.2) is 0 Å². The van der Waals surface area contributed by atoms with Crippen molar-refractivity contribution in [3.63, 3.8) is 0 Å². The number of pyridine rings is 1. The molecule has 0 radical (unpaired) electrons. The van der Waals surface area contributed by atoms with Crippen LogP contribution in [-0.4, -0.2) is 22.8 Å². The highest BCUT2D eigenvalue weighted by Gasteiger charge is 2.06. The molecule has 1 atom stereocenters. The smallest absolute Gasteiger partial charge is 0.250 e. The van der Waals surface area contributed by atoms with E-state index in [9.17, 15) is 9.90 Å². The summed E-state index contributed by atoms with van der Waals surface area (Å²) in [6, 6.07) is 7.02. The molecule has 1 unspecified atom stereocenters. The van der Waals surface area contributed by atoms with Gasteiger partial charge in [-0.3, -0.25) is 4.79 Å². The zero-order valence-electron chi connectivity index (χ0n) is 9.95. The van der Waals surface area contributed by atoms with Crippen molar-refractivity contribution >= 4 is 11.3 Å². The van der Waals surface area contributed by atoms with E-state index in [-0.39, 0.29) is 5.56 Å². The minimum atomic E-state index is -0.483. The molecular weight excluding hydrogens is 248 g/mol.